The first-order chi connectivity index (χ1) is 11.5. The SMILES string of the molecule is Cc1nn(C)c2ncc(S(=O)(=O)Nc3nnc4ccccn34)cc12. The highest BCUT2D eigenvalue weighted by Crippen LogP contribution is 2.21. The molecule has 10 heteroatoms. The van der Waals surface area contributed by atoms with Gasteiger partial charge in [-0.15, -0.1) is 10.2 Å². The third-order valence-electron chi connectivity index (χ3n) is 3.69. The van der Waals surface area contributed by atoms with Crippen LogP contribution in [0.1, 0.15) is 5.69 Å². The van der Waals surface area contributed by atoms with Gasteiger partial charge in [0.25, 0.3) is 10.0 Å². The van der Waals surface area contributed by atoms with Gasteiger partial charge in [0.1, 0.15) is 4.90 Å². The molecule has 0 atom stereocenters. The molecule has 0 bridgehead atoms. The molecule has 0 saturated carbocycles. The van der Waals surface area contributed by atoms with Crippen molar-refractivity contribution in [1.82, 2.24) is 29.4 Å². The van der Waals surface area contributed by atoms with Crippen LogP contribution >= 0.6 is 0 Å². The predicted octanol–water partition coefficient (Wildman–Crippen LogP) is 1.12. The number of rotatable bonds is 3. The van der Waals surface area contributed by atoms with Gasteiger partial charge in [0.15, 0.2) is 11.3 Å². The maximum Gasteiger partial charge on any atom is 0.265 e. The fourth-order valence-corrected chi connectivity index (χ4v) is 3.49. The highest BCUT2D eigenvalue weighted by atomic mass is 32.2. The van der Waals surface area contributed by atoms with Gasteiger partial charge < -0.3 is 0 Å². The van der Waals surface area contributed by atoms with Crippen molar-refractivity contribution in [2.45, 2.75) is 11.8 Å². The quantitative estimate of drug-likeness (QED) is 0.597. The van der Waals surface area contributed by atoms with Gasteiger partial charge in [-0.25, -0.2) is 18.1 Å². The smallest absolute Gasteiger partial charge is 0.265 e. The summed E-state index contributed by atoms with van der Waals surface area (Å²) >= 11 is 0. The van der Waals surface area contributed by atoms with Crippen LogP contribution in [0.4, 0.5) is 5.95 Å². The molecule has 0 saturated heterocycles. The molecule has 0 amide bonds. The summed E-state index contributed by atoms with van der Waals surface area (Å²) in [6.45, 7) is 1.81. The van der Waals surface area contributed by atoms with Crippen molar-refractivity contribution in [3.8, 4) is 0 Å². The van der Waals surface area contributed by atoms with Crippen molar-refractivity contribution in [3.63, 3.8) is 0 Å². The van der Waals surface area contributed by atoms with Crippen LogP contribution in [-0.4, -0.2) is 37.8 Å². The molecule has 4 aromatic rings. The number of sulfonamides is 1. The van der Waals surface area contributed by atoms with Crippen molar-refractivity contribution in [3.05, 3.63) is 42.4 Å². The number of pyridine rings is 2. The summed E-state index contributed by atoms with van der Waals surface area (Å²) in [5.74, 6) is 0.119. The van der Waals surface area contributed by atoms with Crippen LogP contribution in [0.3, 0.4) is 0 Å². The summed E-state index contributed by atoms with van der Waals surface area (Å²) in [4.78, 5) is 4.24. The Morgan fingerprint density at radius 1 is 1.21 bits per heavy atom. The number of hydrogen-bond donors (Lipinski definition) is 1. The molecule has 0 unspecified atom stereocenters. The van der Waals surface area contributed by atoms with Crippen LogP contribution in [0.25, 0.3) is 16.7 Å². The highest BCUT2D eigenvalue weighted by molar-refractivity contribution is 7.92. The Kier molecular flexibility index (Phi) is 3.03. The van der Waals surface area contributed by atoms with Crippen LogP contribution in [-0.2, 0) is 17.1 Å². The van der Waals surface area contributed by atoms with Gasteiger partial charge in [0.2, 0.25) is 5.95 Å². The molecule has 24 heavy (non-hydrogen) atoms. The first kappa shape index (κ1) is 14.6. The molecule has 122 valence electrons. The average molecular weight is 343 g/mol. The van der Waals surface area contributed by atoms with Gasteiger partial charge in [-0.05, 0) is 25.1 Å². The van der Waals surface area contributed by atoms with Crippen molar-refractivity contribution in [1.29, 1.82) is 0 Å². The minimum atomic E-state index is -3.85. The normalized spacial score (nSPS) is 12.1. The number of anilines is 1. The van der Waals surface area contributed by atoms with E-state index >= 15 is 0 Å². The molecular weight excluding hydrogens is 330 g/mol. The zero-order valence-corrected chi connectivity index (χ0v) is 13.7. The minimum absolute atomic E-state index is 0.0405. The van der Waals surface area contributed by atoms with Crippen LogP contribution < -0.4 is 4.72 Å². The maximum atomic E-state index is 12.6. The minimum Gasteiger partial charge on any atom is -0.268 e. The van der Waals surface area contributed by atoms with E-state index in [0.717, 1.165) is 0 Å². The van der Waals surface area contributed by atoms with Gasteiger partial charge in [0.05, 0.1) is 5.69 Å². The molecule has 0 radical (unpaired) electrons. The Labute approximate surface area is 137 Å². The monoisotopic (exact) mass is 343 g/mol. The molecule has 0 aliphatic carbocycles. The topological polar surface area (TPSA) is 107 Å². The first-order valence-corrected chi connectivity index (χ1v) is 8.56. The zero-order chi connectivity index (χ0) is 16.9. The fraction of sp³-hybridized carbons (Fsp3) is 0.143. The van der Waals surface area contributed by atoms with E-state index in [0.29, 0.717) is 22.4 Å². The van der Waals surface area contributed by atoms with E-state index in [2.05, 4.69) is 25.0 Å². The molecule has 4 heterocycles. The summed E-state index contributed by atoms with van der Waals surface area (Å²) in [5, 5.41) is 12.7. The Balaban J connectivity index is 1.79. The third kappa shape index (κ3) is 2.19. The number of fused-ring (bicyclic) bond motifs is 2. The molecule has 4 rings (SSSR count). The van der Waals surface area contributed by atoms with Crippen molar-refractivity contribution in [2.75, 3.05) is 4.72 Å². The van der Waals surface area contributed by atoms with Crippen molar-refractivity contribution in [2.24, 2.45) is 7.05 Å². The number of hydrogen-bond acceptors (Lipinski definition) is 6. The van der Waals surface area contributed by atoms with E-state index in [1.54, 1.807) is 53.5 Å². The summed E-state index contributed by atoms with van der Waals surface area (Å²) in [6, 6.07) is 6.85. The first-order valence-electron chi connectivity index (χ1n) is 7.08. The van der Waals surface area contributed by atoms with Crippen LogP contribution in [0.15, 0.2) is 41.6 Å². The third-order valence-corrected chi connectivity index (χ3v) is 4.98. The maximum absolute atomic E-state index is 12.6. The van der Waals surface area contributed by atoms with E-state index in [1.165, 1.54) is 6.20 Å². The number of aryl methyl sites for hydroxylation is 2. The number of nitrogens with zero attached hydrogens (tertiary/aromatic N) is 6. The molecule has 0 aromatic carbocycles. The van der Waals surface area contributed by atoms with E-state index in [4.69, 9.17) is 0 Å². The second-order valence-corrected chi connectivity index (χ2v) is 6.99. The second-order valence-electron chi connectivity index (χ2n) is 5.31. The molecule has 0 aliphatic rings. The lowest BCUT2D eigenvalue weighted by Crippen LogP contribution is -2.15. The summed E-state index contributed by atoms with van der Waals surface area (Å²) in [7, 11) is -2.09. The Morgan fingerprint density at radius 2 is 2.04 bits per heavy atom. The molecule has 4 aromatic heterocycles. The Hall–Kier alpha value is -3.01. The highest BCUT2D eigenvalue weighted by Gasteiger charge is 2.20. The largest absolute Gasteiger partial charge is 0.268 e. The molecular formula is C14H13N7O2S. The molecule has 9 nitrogen and oxygen atoms in total. The van der Waals surface area contributed by atoms with Crippen molar-refractivity contribution < 1.29 is 8.42 Å². The zero-order valence-electron chi connectivity index (χ0n) is 12.9. The lowest BCUT2D eigenvalue weighted by Gasteiger charge is -2.06. The van der Waals surface area contributed by atoms with Crippen LogP contribution in [0.2, 0.25) is 0 Å². The fourth-order valence-electron chi connectivity index (χ4n) is 2.53. The lowest BCUT2D eigenvalue weighted by atomic mass is 10.3. The number of aromatic nitrogens is 6. The Bertz CT molecular complexity index is 1180. The van der Waals surface area contributed by atoms with Crippen molar-refractivity contribution >= 4 is 32.7 Å². The van der Waals surface area contributed by atoms with E-state index in [1.807, 2.05) is 0 Å². The van der Waals surface area contributed by atoms with Gasteiger partial charge in [-0.2, -0.15) is 5.10 Å². The number of nitrogens with one attached hydrogen (secondary N) is 1. The van der Waals surface area contributed by atoms with Gasteiger partial charge in [-0.3, -0.25) is 9.08 Å². The van der Waals surface area contributed by atoms with Gasteiger partial charge >= 0.3 is 0 Å². The van der Waals surface area contributed by atoms with Gasteiger partial charge in [-0.1, -0.05) is 6.07 Å². The standard InChI is InChI=1S/C14H13N7O2S/c1-9-11-7-10(8-15-13(11)20(2)18-9)24(22,23)19-14-17-16-12-5-3-4-6-21(12)14/h3-8H,1-2H3,(H,17,19). The predicted molar refractivity (Wildman–Crippen MR) is 87.0 cm³/mol. The molecule has 0 spiro atoms. The van der Waals surface area contributed by atoms with E-state index in [-0.39, 0.29) is 10.8 Å². The van der Waals surface area contributed by atoms with Gasteiger partial charge in [0, 0.05) is 24.8 Å². The lowest BCUT2D eigenvalue weighted by molar-refractivity contribution is 0.600. The summed E-state index contributed by atoms with van der Waals surface area (Å²) < 4.78 is 30.9. The van der Waals surface area contributed by atoms with Crippen LogP contribution in [0, 0.1) is 6.92 Å². The Morgan fingerprint density at radius 3 is 2.88 bits per heavy atom. The summed E-state index contributed by atoms with van der Waals surface area (Å²) in [5.41, 5.74) is 1.89. The molecule has 1 N–H and O–H groups in total. The molecule has 0 fully saturated rings. The van der Waals surface area contributed by atoms with E-state index in [9.17, 15) is 8.42 Å². The summed E-state index contributed by atoms with van der Waals surface area (Å²) in [6.07, 6.45) is 2.98. The van der Waals surface area contributed by atoms with Crippen LogP contribution in [0.5, 0.6) is 0 Å². The van der Waals surface area contributed by atoms with E-state index < -0.39 is 10.0 Å². The average Bonchev–Trinajstić information content (AvgIpc) is 3.09. The molecule has 0 aliphatic heterocycles. The second kappa shape index (κ2) is 4.99.